The summed E-state index contributed by atoms with van der Waals surface area (Å²) < 4.78 is 28.4. The number of benzene rings is 1. The van der Waals surface area contributed by atoms with Gasteiger partial charge in [0.25, 0.3) is 9.05 Å². The van der Waals surface area contributed by atoms with E-state index >= 15 is 0 Å². The zero-order valence-electron chi connectivity index (χ0n) is 10.4. The van der Waals surface area contributed by atoms with Crippen molar-refractivity contribution < 1.29 is 23.1 Å². The van der Waals surface area contributed by atoms with Crippen molar-refractivity contribution >= 4 is 48.2 Å². The highest BCUT2D eigenvalue weighted by Gasteiger charge is 2.18. The molecule has 0 spiro atoms. The highest BCUT2D eigenvalue weighted by Crippen LogP contribution is 2.32. The van der Waals surface area contributed by atoms with Gasteiger partial charge in [-0.3, -0.25) is 4.79 Å². The second kappa shape index (κ2) is 6.05. The van der Waals surface area contributed by atoms with Gasteiger partial charge in [0.2, 0.25) is 0 Å². The summed E-state index contributed by atoms with van der Waals surface area (Å²) in [6, 6.07) is 5.53. The molecule has 1 aromatic carbocycles. The summed E-state index contributed by atoms with van der Waals surface area (Å²) in [5, 5.41) is 8.99. The predicted octanol–water partition coefficient (Wildman–Crippen LogP) is 2.67. The second-order valence-corrected chi connectivity index (χ2v) is 6.94. The number of rotatable bonds is 5. The van der Waals surface area contributed by atoms with Crippen molar-refractivity contribution in [3.05, 3.63) is 29.4 Å². The third-order valence-corrected chi connectivity index (χ3v) is 4.17. The molecule has 0 unspecified atom stereocenters. The third-order valence-electron chi connectivity index (χ3n) is 2.58. The first kappa shape index (κ1) is 15.8. The zero-order chi connectivity index (χ0) is 15.6. The first-order valence-corrected chi connectivity index (χ1v) is 8.36. The molecule has 1 N–H and O–H groups in total. The number of carboxylic acids is 1. The number of carbonyl (C=O) groups is 1. The Labute approximate surface area is 129 Å². The number of hydrogen-bond donors (Lipinski definition) is 1. The van der Waals surface area contributed by atoms with Gasteiger partial charge >= 0.3 is 5.97 Å². The molecule has 21 heavy (non-hydrogen) atoms. The van der Waals surface area contributed by atoms with Crippen molar-refractivity contribution in [1.29, 1.82) is 0 Å². The molecule has 0 bridgehead atoms. The van der Waals surface area contributed by atoms with Gasteiger partial charge in [0.05, 0.1) is 17.9 Å². The molecule has 0 atom stereocenters. The Morgan fingerprint density at radius 3 is 2.62 bits per heavy atom. The number of carboxylic acid groups (broad SMARTS) is 1. The van der Waals surface area contributed by atoms with E-state index < -0.39 is 15.0 Å². The van der Waals surface area contributed by atoms with Crippen LogP contribution in [0.5, 0.6) is 5.75 Å². The Morgan fingerprint density at radius 1 is 1.29 bits per heavy atom. The van der Waals surface area contributed by atoms with Crippen LogP contribution in [0.2, 0.25) is 5.15 Å². The van der Waals surface area contributed by atoms with Gasteiger partial charge in [-0.2, -0.15) is 0 Å². The monoisotopic (exact) mass is 349 g/mol. The van der Waals surface area contributed by atoms with E-state index in [4.69, 9.17) is 32.1 Å². The summed E-state index contributed by atoms with van der Waals surface area (Å²) in [5.74, 6) is -0.775. The van der Waals surface area contributed by atoms with Crippen LogP contribution in [0.4, 0.5) is 0 Å². The van der Waals surface area contributed by atoms with Crippen LogP contribution < -0.4 is 4.74 Å². The first-order valence-electron chi connectivity index (χ1n) is 5.67. The maximum absolute atomic E-state index is 11.5. The maximum Gasteiger partial charge on any atom is 0.306 e. The van der Waals surface area contributed by atoms with Gasteiger partial charge in [-0.1, -0.05) is 11.6 Å². The lowest BCUT2D eigenvalue weighted by Crippen LogP contribution is -2.06. The molecule has 1 heterocycles. The average Bonchev–Trinajstić information content (AvgIpc) is 2.37. The van der Waals surface area contributed by atoms with Crippen LogP contribution in [0, 0.1) is 0 Å². The second-order valence-electron chi connectivity index (χ2n) is 4.02. The third kappa shape index (κ3) is 3.75. The van der Waals surface area contributed by atoms with Crippen LogP contribution in [-0.2, 0) is 13.8 Å². The lowest BCUT2D eigenvalue weighted by molar-refractivity contribution is -0.137. The fraction of sp³-hybridized carbons (Fsp3) is 0.167. The molecule has 0 saturated carbocycles. The van der Waals surface area contributed by atoms with Crippen LogP contribution in [-0.4, -0.2) is 31.1 Å². The summed E-state index contributed by atoms with van der Waals surface area (Å²) >= 11 is 5.80. The molecule has 0 saturated heterocycles. The van der Waals surface area contributed by atoms with Crippen molar-refractivity contribution in [2.24, 2.45) is 0 Å². The fourth-order valence-electron chi connectivity index (χ4n) is 1.72. The number of nitrogens with zero attached hydrogens (tertiary/aromatic N) is 1. The molecular formula is C12H9Cl2NO5S. The summed E-state index contributed by atoms with van der Waals surface area (Å²) in [6.07, 6.45) is -0.197. The normalized spacial score (nSPS) is 11.5. The number of pyridine rings is 1. The quantitative estimate of drug-likeness (QED) is 0.658. The summed E-state index contributed by atoms with van der Waals surface area (Å²) in [5.41, 5.74) is 0.203. The van der Waals surface area contributed by atoms with Crippen LogP contribution in [0.15, 0.2) is 29.2 Å². The van der Waals surface area contributed by atoms with Crippen molar-refractivity contribution in [2.75, 3.05) is 6.61 Å². The SMILES string of the molecule is O=C(O)CCOc1ccc(S(=O)(=O)Cl)c2ccc(Cl)nc12. The van der Waals surface area contributed by atoms with Gasteiger partial charge in [-0.05, 0) is 24.3 Å². The Kier molecular flexibility index (Phi) is 4.55. The number of hydrogen-bond acceptors (Lipinski definition) is 5. The predicted molar refractivity (Wildman–Crippen MR) is 77.5 cm³/mol. The Bertz CT molecular complexity index is 807. The van der Waals surface area contributed by atoms with E-state index in [1.54, 1.807) is 0 Å². The van der Waals surface area contributed by atoms with Gasteiger partial charge in [0, 0.05) is 16.1 Å². The molecule has 0 amide bonds. The van der Waals surface area contributed by atoms with Crippen molar-refractivity contribution in [3.8, 4) is 5.75 Å². The Balaban J connectivity index is 2.53. The van der Waals surface area contributed by atoms with Crippen LogP contribution in [0.3, 0.4) is 0 Å². The summed E-state index contributed by atoms with van der Waals surface area (Å²) in [6.45, 7) is -0.0778. The molecule has 2 rings (SSSR count). The standard InChI is InChI=1S/C12H9Cl2NO5S/c13-10-4-1-7-9(21(14,18)19)3-2-8(12(7)15-10)20-6-5-11(16)17/h1-4H,5-6H2,(H,16,17). The van der Waals surface area contributed by atoms with Crippen molar-refractivity contribution in [2.45, 2.75) is 11.3 Å². The molecule has 2 aromatic rings. The number of fused-ring (bicyclic) bond motifs is 1. The molecule has 0 aliphatic carbocycles. The van der Waals surface area contributed by atoms with Gasteiger partial charge in [0.15, 0.2) is 0 Å². The first-order chi connectivity index (χ1) is 9.79. The smallest absolute Gasteiger partial charge is 0.306 e. The Morgan fingerprint density at radius 2 is 2.00 bits per heavy atom. The Hall–Kier alpha value is -1.57. The molecule has 6 nitrogen and oxygen atoms in total. The fourth-order valence-corrected chi connectivity index (χ4v) is 2.93. The largest absolute Gasteiger partial charge is 0.491 e. The van der Waals surface area contributed by atoms with Gasteiger partial charge in [0.1, 0.15) is 16.4 Å². The highest BCUT2D eigenvalue weighted by atomic mass is 35.7. The molecule has 9 heteroatoms. The average molecular weight is 350 g/mol. The minimum Gasteiger partial charge on any atom is -0.491 e. The highest BCUT2D eigenvalue weighted by molar-refractivity contribution is 8.14. The topological polar surface area (TPSA) is 93.6 Å². The van der Waals surface area contributed by atoms with Crippen molar-refractivity contribution in [1.82, 2.24) is 4.98 Å². The van der Waals surface area contributed by atoms with Gasteiger partial charge in [-0.25, -0.2) is 13.4 Å². The summed E-state index contributed by atoms with van der Waals surface area (Å²) in [4.78, 5) is 14.4. The van der Waals surface area contributed by atoms with Gasteiger partial charge in [-0.15, -0.1) is 0 Å². The molecule has 0 aliphatic heterocycles. The number of ether oxygens (including phenoxy) is 1. The van der Waals surface area contributed by atoms with E-state index in [0.717, 1.165) is 0 Å². The maximum atomic E-state index is 11.5. The van der Waals surface area contributed by atoms with Crippen LogP contribution >= 0.6 is 22.3 Å². The zero-order valence-corrected chi connectivity index (χ0v) is 12.7. The minimum atomic E-state index is -3.95. The van der Waals surface area contributed by atoms with E-state index in [2.05, 4.69) is 4.98 Å². The molecule has 0 fully saturated rings. The minimum absolute atomic E-state index is 0.0778. The van der Waals surface area contributed by atoms with Gasteiger partial charge < -0.3 is 9.84 Å². The van der Waals surface area contributed by atoms with E-state index in [0.29, 0.717) is 0 Å². The number of aromatic nitrogens is 1. The number of aliphatic carboxylic acids is 1. The molecule has 1 aromatic heterocycles. The van der Waals surface area contributed by atoms with Crippen molar-refractivity contribution in [3.63, 3.8) is 0 Å². The van der Waals surface area contributed by atoms with E-state index in [-0.39, 0.29) is 39.7 Å². The van der Waals surface area contributed by atoms with E-state index in [1.807, 2.05) is 0 Å². The molecule has 0 aliphatic rings. The number of halogens is 2. The molecular weight excluding hydrogens is 341 g/mol. The molecule has 112 valence electrons. The van der Waals surface area contributed by atoms with E-state index in [1.165, 1.54) is 24.3 Å². The lowest BCUT2D eigenvalue weighted by Gasteiger charge is -2.10. The lowest BCUT2D eigenvalue weighted by atomic mass is 10.2. The van der Waals surface area contributed by atoms with Crippen LogP contribution in [0.25, 0.3) is 10.9 Å². The summed E-state index contributed by atoms with van der Waals surface area (Å²) in [7, 11) is 1.41. The van der Waals surface area contributed by atoms with E-state index in [9.17, 15) is 13.2 Å². The molecule has 0 radical (unpaired) electrons. The van der Waals surface area contributed by atoms with Crippen LogP contribution in [0.1, 0.15) is 6.42 Å².